The van der Waals surface area contributed by atoms with Crippen LogP contribution in [0.15, 0.2) is 6.07 Å². The van der Waals surface area contributed by atoms with Crippen molar-refractivity contribution in [2.45, 2.75) is 18.9 Å². The van der Waals surface area contributed by atoms with Crippen LogP contribution in [0.2, 0.25) is 10.0 Å². The third-order valence-corrected chi connectivity index (χ3v) is 3.16. The van der Waals surface area contributed by atoms with Gasteiger partial charge in [0, 0.05) is 13.2 Å². The average Bonchev–Trinajstić information content (AvgIpc) is 2.81. The summed E-state index contributed by atoms with van der Waals surface area (Å²) in [6.07, 6.45) is 2.38. The van der Waals surface area contributed by atoms with E-state index in [2.05, 4.69) is 15.7 Å². The van der Waals surface area contributed by atoms with Gasteiger partial charge in [-0.05, 0) is 18.9 Å². The molecule has 94 valence electrons. The zero-order valence-corrected chi connectivity index (χ0v) is 10.7. The molecule has 0 aromatic carbocycles. The number of hydrogen-bond acceptors (Lipinski definition) is 5. The molecule has 1 aromatic rings. The molecule has 5 nitrogen and oxygen atoms in total. The number of rotatable bonds is 4. The number of hydrazine groups is 1. The van der Waals surface area contributed by atoms with Crippen LogP contribution in [-0.2, 0) is 4.74 Å². The van der Waals surface area contributed by atoms with Crippen molar-refractivity contribution in [3.05, 3.63) is 16.1 Å². The second-order valence-electron chi connectivity index (χ2n) is 3.81. The number of nitrogens with two attached hydrogens (primary N) is 1. The second-order valence-corrected chi connectivity index (χ2v) is 4.62. The normalized spacial score (nSPS) is 19.4. The lowest BCUT2D eigenvalue weighted by atomic mass is 10.2. The predicted molar refractivity (Wildman–Crippen MR) is 69.5 cm³/mol. The van der Waals surface area contributed by atoms with Crippen molar-refractivity contribution in [1.29, 1.82) is 0 Å². The van der Waals surface area contributed by atoms with E-state index in [0.29, 0.717) is 28.2 Å². The van der Waals surface area contributed by atoms with Gasteiger partial charge in [-0.25, -0.2) is 10.8 Å². The highest BCUT2D eigenvalue weighted by Crippen LogP contribution is 2.28. The molecule has 1 aliphatic heterocycles. The first-order chi connectivity index (χ1) is 8.20. The van der Waals surface area contributed by atoms with Gasteiger partial charge in [0.05, 0.1) is 16.1 Å². The van der Waals surface area contributed by atoms with Crippen LogP contribution < -0.4 is 16.6 Å². The Labute approximate surface area is 110 Å². The van der Waals surface area contributed by atoms with E-state index in [1.54, 1.807) is 6.07 Å². The molecule has 0 spiro atoms. The van der Waals surface area contributed by atoms with E-state index in [4.69, 9.17) is 33.8 Å². The Morgan fingerprint density at radius 3 is 2.82 bits per heavy atom. The largest absolute Gasteiger partial charge is 0.376 e. The Balaban J connectivity index is 2.03. The molecule has 1 saturated heterocycles. The van der Waals surface area contributed by atoms with Crippen molar-refractivity contribution in [2.24, 2.45) is 5.84 Å². The van der Waals surface area contributed by atoms with Gasteiger partial charge in [-0.15, -0.1) is 0 Å². The number of nitrogens with one attached hydrogen (secondary N) is 2. The summed E-state index contributed by atoms with van der Waals surface area (Å²) in [4.78, 5) is 4.18. The van der Waals surface area contributed by atoms with Crippen LogP contribution in [-0.4, -0.2) is 24.2 Å². The molecule has 0 saturated carbocycles. The summed E-state index contributed by atoms with van der Waals surface area (Å²) < 4.78 is 5.50. The van der Waals surface area contributed by atoms with Gasteiger partial charge in [0.15, 0.2) is 5.82 Å². The van der Waals surface area contributed by atoms with Crippen LogP contribution >= 0.6 is 23.2 Å². The Morgan fingerprint density at radius 1 is 1.41 bits per heavy atom. The zero-order valence-electron chi connectivity index (χ0n) is 9.17. The van der Waals surface area contributed by atoms with Crippen LogP contribution in [0.1, 0.15) is 12.8 Å². The fraction of sp³-hybridized carbons (Fsp3) is 0.500. The maximum absolute atomic E-state index is 6.03. The van der Waals surface area contributed by atoms with Crippen molar-refractivity contribution < 1.29 is 4.74 Å². The maximum Gasteiger partial charge on any atom is 0.161 e. The minimum Gasteiger partial charge on any atom is -0.376 e. The van der Waals surface area contributed by atoms with Crippen molar-refractivity contribution >= 4 is 34.8 Å². The van der Waals surface area contributed by atoms with Crippen molar-refractivity contribution in [2.75, 3.05) is 23.9 Å². The number of ether oxygens (including phenoxy) is 1. The van der Waals surface area contributed by atoms with Crippen molar-refractivity contribution in [3.63, 3.8) is 0 Å². The van der Waals surface area contributed by atoms with E-state index in [1.165, 1.54) is 0 Å². The van der Waals surface area contributed by atoms with Crippen LogP contribution in [0.25, 0.3) is 0 Å². The molecule has 1 aromatic heterocycles. The monoisotopic (exact) mass is 276 g/mol. The highest BCUT2D eigenvalue weighted by atomic mass is 35.5. The SMILES string of the molecule is NNc1nc(NCC2CCCO2)c(Cl)cc1Cl. The quantitative estimate of drug-likeness (QED) is 0.581. The number of nitrogen functional groups attached to an aromatic ring is 1. The van der Waals surface area contributed by atoms with Crippen LogP contribution in [0.5, 0.6) is 0 Å². The van der Waals surface area contributed by atoms with E-state index in [1.807, 2.05) is 0 Å². The first kappa shape index (κ1) is 12.7. The summed E-state index contributed by atoms with van der Waals surface area (Å²) in [5.74, 6) is 6.24. The second kappa shape index (κ2) is 5.73. The molecule has 1 aliphatic rings. The molecule has 0 amide bonds. The third kappa shape index (κ3) is 3.13. The van der Waals surface area contributed by atoms with Gasteiger partial charge >= 0.3 is 0 Å². The lowest BCUT2D eigenvalue weighted by Crippen LogP contribution is -2.19. The minimum absolute atomic E-state index is 0.220. The number of halogens is 2. The average molecular weight is 277 g/mol. The Hall–Kier alpha value is -0.750. The molecule has 1 fully saturated rings. The van der Waals surface area contributed by atoms with Crippen molar-refractivity contribution in [1.82, 2.24) is 4.98 Å². The lowest BCUT2D eigenvalue weighted by Gasteiger charge is -2.13. The Morgan fingerprint density at radius 2 is 2.18 bits per heavy atom. The summed E-state index contributed by atoms with van der Waals surface area (Å²) in [5, 5.41) is 3.99. The van der Waals surface area contributed by atoms with E-state index in [9.17, 15) is 0 Å². The first-order valence-electron chi connectivity index (χ1n) is 5.39. The molecular formula is C10H14Cl2N4O. The number of aromatic nitrogens is 1. The zero-order chi connectivity index (χ0) is 12.3. The molecule has 1 unspecified atom stereocenters. The number of pyridine rings is 1. The highest BCUT2D eigenvalue weighted by molar-refractivity contribution is 6.37. The molecule has 1 atom stereocenters. The summed E-state index contributed by atoms with van der Waals surface area (Å²) in [5.41, 5.74) is 2.42. The van der Waals surface area contributed by atoms with E-state index in [0.717, 1.165) is 19.4 Å². The standard InChI is InChI=1S/C10H14Cl2N4O/c11-7-4-8(12)10(16-13)15-9(7)14-5-6-2-1-3-17-6/h4,6H,1-3,5,13H2,(H2,14,15,16). The van der Waals surface area contributed by atoms with Gasteiger partial charge in [0.1, 0.15) is 5.82 Å². The number of anilines is 2. The lowest BCUT2D eigenvalue weighted by molar-refractivity contribution is 0.120. The molecule has 2 rings (SSSR count). The Kier molecular flexibility index (Phi) is 4.28. The molecular weight excluding hydrogens is 263 g/mol. The fourth-order valence-electron chi connectivity index (χ4n) is 1.71. The van der Waals surface area contributed by atoms with Gasteiger partial charge in [-0.2, -0.15) is 0 Å². The molecule has 4 N–H and O–H groups in total. The topological polar surface area (TPSA) is 72.2 Å². The van der Waals surface area contributed by atoms with Crippen LogP contribution in [0, 0.1) is 0 Å². The van der Waals surface area contributed by atoms with Crippen molar-refractivity contribution in [3.8, 4) is 0 Å². The molecule has 0 radical (unpaired) electrons. The summed E-state index contributed by atoms with van der Waals surface area (Å²) in [6, 6.07) is 1.60. The van der Waals surface area contributed by atoms with Gasteiger partial charge < -0.3 is 15.5 Å². The summed E-state index contributed by atoms with van der Waals surface area (Å²) >= 11 is 11.9. The van der Waals surface area contributed by atoms with Gasteiger partial charge in [-0.1, -0.05) is 23.2 Å². The molecule has 17 heavy (non-hydrogen) atoms. The number of nitrogens with zero attached hydrogens (tertiary/aromatic N) is 1. The number of hydrogen-bond donors (Lipinski definition) is 3. The molecule has 0 bridgehead atoms. The van der Waals surface area contributed by atoms with Gasteiger partial charge in [0.25, 0.3) is 0 Å². The maximum atomic E-state index is 6.03. The van der Waals surface area contributed by atoms with Crippen LogP contribution in [0.4, 0.5) is 11.6 Å². The van der Waals surface area contributed by atoms with Crippen LogP contribution in [0.3, 0.4) is 0 Å². The highest BCUT2D eigenvalue weighted by Gasteiger charge is 2.16. The van der Waals surface area contributed by atoms with Gasteiger partial charge in [-0.3, -0.25) is 0 Å². The third-order valence-electron chi connectivity index (χ3n) is 2.59. The van der Waals surface area contributed by atoms with E-state index in [-0.39, 0.29) is 6.10 Å². The smallest absolute Gasteiger partial charge is 0.161 e. The minimum atomic E-state index is 0.220. The fourth-order valence-corrected chi connectivity index (χ4v) is 2.19. The summed E-state index contributed by atoms with van der Waals surface area (Å²) in [7, 11) is 0. The molecule has 7 heteroatoms. The first-order valence-corrected chi connectivity index (χ1v) is 6.14. The van der Waals surface area contributed by atoms with E-state index >= 15 is 0 Å². The predicted octanol–water partition coefficient (Wildman–Crippen LogP) is 2.26. The van der Waals surface area contributed by atoms with E-state index < -0.39 is 0 Å². The summed E-state index contributed by atoms with van der Waals surface area (Å²) in [6.45, 7) is 1.50. The molecule has 0 aliphatic carbocycles. The van der Waals surface area contributed by atoms with Gasteiger partial charge in [0.2, 0.25) is 0 Å². The molecule has 2 heterocycles. The Bertz CT molecular complexity index is 396.